The van der Waals surface area contributed by atoms with Crippen molar-refractivity contribution >= 4 is 23.4 Å². The third-order valence-electron chi connectivity index (χ3n) is 5.41. The molecule has 1 aliphatic rings. The summed E-state index contributed by atoms with van der Waals surface area (Å²) in [6.45, 7) is 0. The zero-order valence-corrected chi connectivity index (χ0v) is 18.6. The first-order valence-corrected chi connectivity index (χ1v) is 11.4. The van der Waals surface area contributed by atoms with Crippen molar-refractivity contribution < 1.29 is 22.4 Å². The van der Waals surface area contributed by atoms with Crippen LogP contribution in [-0.4, -0.2) is 26.0 Å². The summed E-state index contributed by atoms with van der Waals surface area (Å²) >= 11 is 1.12. The van der Waals surface area contributed by atoms with Crippen LogP contribution in [0.5, 0.6) is 0 Å². The van der Waals surface area contributed by atoms with Crippen LogP contribution >= 0.6 is 11.8 Å². The number of anilines is 1. The maximum atomic E-state index is 13.6. The van der Waals surface area contributed by atoms with Crippen molar-refractivity contribution in [2.75, 3.05) is 10.7 Å². The van der Waals surface area contributed by atoms with Gasteiger partial charge in [0.2, 0.25) is 11.1 Å². The number of halogens is 4. The third-order valence-corrected chi connectivity index (χ3v) is 6.63. The molecule has 0 unspecified atom stereocenters. The molecule has 35 heavy (non-hydrogen) atoms. The van der Waals surface area contributed by atoms with Gasteiger partial charge in [-0.05, 0) is 35.9 Å². The second-order valence-corrected chi connectivity index (χ2v) is 8.88. The first-order valence-electron chi connectivity index (χ1n) is 10.5. The lowest BCUT2D eigenvalue weighted by molar-refractivity contribution is -0.137. The van der Waals surface area contributed by atoms with Crippen molar-refractivity contribution in [2.24, 2.45) is 0 Å². The van der Waals surface area contributed by atoms with Gasteiger partial charge in [0.05, 0.1) is 11.6 Å². The molecule has 178 valence electrons. The SMILES string of the molecule is O=C(Nc1cccc(C(F)(F)F)c1)[C@@H]1Sc2nnc(-c3ccccc3)n2N[C@H]1c1ccc(F)cc1. The maximum Gasteiger partial charge on any atom is 0.416 e. The molecular formula is C24H17F4N5OS. The molecule has 6 nitrogen and oxygen atoms in total. The molecule has 5 rings (SSSR count). The summed E-state index contributed by atoms with van der Waals surface area (Å²) in [5, 5.41) is 10.6. The van der Waals surface area contributed by atoms with Crippen molar-refractivity contribution in [1.29, 1.82) is 0 Å². The Morgan fingerprint density at radius 2 is 1.71 bits per heavy atom. The van der Waals surface area contributed by atoms with Crippen LogP contribution in [0.2, 0.25) is 0 Å². The lowest BCUT2D eigenvalue weighted by atomic mass is 10.0. The Hall–Kier alpha value is -3.86. The van der Waals surface area contributed by atoms with Crippen molar-refractivity contribution in [3.63, 3.8) is 0 Å². The van der Waals surface area contributed by atoms with E-state index in [9.17, 15) is 22.4 Å². The molecule has 11 heteroatoms. The summed E-state index contributed by atoms with van der Waals surface area (Å²) in [5.41, 5.74) is 3.79. The first-order chi connectivity index (χ1) is 16.8. The summed E-state index contributed by atoms with van der Waals surface area (Å²) in [6, 6.07) is 18.7. The monoisotopic (exact) mass is 499 g/mol. The minimum Gasteiger partial charge on any atom is -0.325 e. The van der Waals surface area contributed by atoms with E-state index in [1.165, 1.54) is 24.3 Å². The summed E-state index contributed by atoms with van der Waals surface area (Å²) in [6.07, 6.45) is -4.54. The first kappa shape index (κ1) is 22.9. The van der Waals surface area contributed by atoms with Crippen LogP contribution in [0, 0.1) is 5.82 Å². The Bertz CT molecular complexity index is 1360. The van der Waals surface area contributed by atoms with Crippen LogP contribution in [-0.2, 0) is 11.0 Å². The van der Waals surface area contributed by atoms with Gasteiger partial charge in [-0.1, -0.05) is 60.3 Å². The topological polar surface area (TPSA) is 71.8 Å². The average Bonchev–Trinajstić information content (AvgIpc) is 3.27. The fourth-order valence-corrected chi connectivity index (χ4v) is 4.82. The van der Waals surface area contributed by atoms with Gasteiger partial charge in [0.15, 0.2) is 5.82 Å². The minimum absolute atomic E-state index is 0.0142. The van der Waals surface area contributed by atoms with Gasteiger partial charge < -0.3 is 10.7 Å². The van der Waals surface area contributed by atoms with Crippen molar-refractivity contribution in [3.05, 3.63) is 95.8 Å². The highest BCUT2D eigenvalue weighted by Crippen LogP contribution is 2.39. The summed E-state index contributed by atoms with van der Waals surface area (Å²) < 4.78 is 54.6. The zero-order valence-electron chi connectivity index (χ0n) is 17.8. The van der Waals surface area contributed by atoms with Crippen molar-refractivity contribution in [3.8, 4) is 11.4 Å². The molecule has 2 atom stereocenters. The van der Waals surface area contributed by atoms with Crippen LogP contribution < -0.4 is 10.7 Å². The van der Waals surface area contributed by atoms with E-state index in [2.05, 4.69) is 20.9 Å². The largest absolute Gasteiger partial charge is 0.416 e. The molecule has 0 radical (unpaired) electrons. The Morgan fingerprint density at radius 1 is 0.971 bits per heavy atom. The predicted molar refractivity (Wildman–Crippen MR) is 124 cm³/mol. The van der Waals surface area contributed by atoms with Gasteiger partial charge in [0.1, 0.15) is 11.1 Å². The molecule has 2 N–H and O–H groups in total. The lowest BCUT2D eigenvalue weighted by Crippen LogP contribution is -2.41. The van der Waals surface area contributed by atoms with E-state index < -0.39 is 34.8 Å². The molecule has 0 saturated heterocycles. The van der Waals surface area contributed by atoms with Gasteiger partial charge >= 0.3 is 6.18 Å². The van der Waals surface area contributed by atoms with Crippen LogP contribution in [0.1, 0.15) is 17.2 Å². The molecule has 2 heterocycles. The molecule has 3 aromatic carbocycles. The normalized spacial score (nSPS) is 17.4. The van der Waals surface area contributed by atoms with E-state index in [0.717, 1.165) is 29.5 Å². The Kier molecular flexibility index (Phi) is 5.93. The summed E-state index contributed by atoms with van der Waals surface area (Å²) in [7, 11) is 0. The maximum absolute atomic E-state index is 13.6. The number of hydrogen-bond donors (Lipinski definition) is 2. The van der Waals surface area contributed by atoms with E-state index in [4.69, 9.17) is 0 Å². The van der Waals surface area contributed by atoms with Crippen LogP contribution in [0.3, 0.4) is 0 Å². The molecular weight excluding hydrogens is 482 g/mol. The highest BCUT2D eigenvalue weighted by atomic mass is 32.2. The van der Waals surface area contributed by atoms with Gasteiger partial charge in [-0.15, -0.1) is 10.2 Å². The number of fused-ring (bicyclic) bond motifs is 1. The van der Waals surface area contributed by atoms with Gasteiger partial charge in [-0.25, -0.2) is 9.07 Å². The minimum atomic E-state index is -4.54. The van der Waals surface area contributed by atoms with E-state index >= 15 is 0 Å². The van der Waals surface area contributed by atoms with Gasteiger partial charge in [0.25, 0.3) is 0 Å². The number of nitrogens with zero attached hydrogens (tertiary/aromatic N) is 3. The van der Waals surface area contributed by atoms with Gasteiger partial charge in [-0.2, -0.15) is 13.2 Å². The number of hydrogen-bond acceptors (Lipinski definition) is 5. The molecule has 0 spiro atoms. The number of nitrogens with one attached hydrogen (secondary N) is 2. The number of thioether (sulfide) groups is 1. The smallest absolute Gasteiger partial charge is 0.325 e. The molecule has 0 bridgehead atoms. The van der Waals surface area contributed by atoms with E-state index in [1.807, 2.05) is 30.3 Å². The van der Waals surface area contributed by atoms with Gasteiger partial charge in [-0.3, -0.25) is 4.79 Å². The molecule has 1 amide bonds. The molecule has 0 aliphatic carbocycles. The number of rotatable bonds is 4. The molecule has 0 saturated carbocycles. The highest BCUT2D eigenvalue weighted by Gasteiger charge is 2.38. The summed E-state index contributed by atoms with van der Waals surface area (Å²) in [5.74, 6) is -0.444. The highest BCUT2D eigenvalue weighted by molar-refractivity contribution is 8.00. The number of benzene rings is 3. The molecule has 0 fully saturated rings. The number of carbonyl (C=O) groups is 1. The Balaban J connectivity index is 1.49. The molecule has 1 aromatic heterocycles. The molecule has 4 aromatic rings. The predicted octanol–water partition coefficient (Wildman–Crippen LogP) is 5.50. The van der Waals surface area contributed by atoms with E-state index in [0.29, 0.717) is 16.5 Å². The second kappa shape index (κ2) is 9.06. The van der Waals surface area contributed by atoms with Crippen LogP contribution in [0.15, 0.2) is 84.0 Å². The van der Waals surface area contributed by atoms with Crippen LogP contribution in [0.4, 0.5) is 23.2 Å². The van der Waals surface area contributed by atoms with Crippen LogP contribution in [0.25, 0.3) is 11.4 Å². The fraction of sp³-hybridized carbons (Fsp3) is 0.125. The number of amides is 1. The van der Waals surface area contributed by atoms with Crippen molar-refractivity contribution in [2.45, 2.75) is 22.6 Å². The van der Waals surface area contributed by atoms with Gasteiger partial charge in [0, 0.05) is 11.3 Å². The van der Waals surface area contributed by atoms with E-state index in [-0.39, 0.29) is 5.69 Å². The Labute approximate surface area is 201 Å². The summed E-state index contributed by atoms with van der Waals surface area (Å²) in [4.78, 5) is 13.3. The second-order valence-electron chi connectivity index (χ2n) is 7.77. The lowest BCUT2D eigenvalue weighted by Gasteiger charge is -2.33. The standard InChI is InChI=1S/C24H17F4N5OS/c25-17-11-9-14(10-12-17)19-20(22(34)29-18-8-4-7-16(13-18)24(26,27)28)35-23-31-30-21(33(23)32-19)15-5-2-1-3-6-15/h1-13,19-20,32H,(H,29,34)/t19-,20+/m0/s1. The Morgan fingerprint density at radius 3 is 2.43 bits per heavy atom. The fourth-order valence-electron chi connectivity index (χ4n) is 3.74. The number of alkyl halides is 3. The number of carbonyl (C=O) groups excluding carboxylic acids is 1. The molecule has 1 aliphatic heterocycles. The quantitative estimate of drug-likeness (QED) is 0.363. The van der Waals surface area contributed by atoms with Crippen molar-refractivity contribution in [1.82, 2.24) is 14.9 Å². The third kappa shape index (κ3) is 4.72. The van der Waals surface area contributed by atoms with E-state index in [1.54, 1.807) is 16.8 Å². The number of aromatic nitrogens is 3. The average molecular weight is 499 g/mol. The zero-order chi connectivity index (χ0) is 24.6.